The van der Waals surface area contributed by atoms with E-state index >= 15 is 0 Å². The highest BCUT2D eigenvalue weighted by atomic mass is 32.1. The number of aryl methyl sites for hydroxylation is 1. The molecule has 2 aliphatic rings. The number of rotatable bonds is 5. The number of nitrogens with zero attached hydrogens (tertiary/aromatic N) is 3. The van der Waals surface area contributed by atoms with Crippen molar-refractivity contribution in [2.24, 2.45) is 0 Å². The number of amides is 1. The minimum absolute atomic E-state index is 0.0311. The van der Waals surface area contributed by atoms with Crippen LogP contribution >= 0.6 is 11.3 Å². The van der Waals surface area contributed by atoms with Crippen LogP contribution in [0.2, 0.25) is 0 Å². The SMILES string of the molecule is COc1ccccc1N1CCN(CC(=O)Nc2sc3c(c2C#N)CCCCCC3)CC1. The Morgan fingerprint density at radius 3 is 2.61 bits per heavy atom. The van der Waals surface area contributed by atoms with E-state index in [0.29, 0.717) is 12.1 Å². The zero-order valence-corrected chi connectivity index (χ0v) is 19.0. The standard InChI is InChI=1S/C24H30N4O2S/c1-30-21-10-7-6-9-20(21)28-14-12-27(13-15-28)17-23(29)26-24-19(16-25)18-8-4-2-3-5-11-22(18)31-24/h6-7,9-10H,2-5,8,11-15,17H2,1H3,(H,26,29). The second-order valence-corrected chi connectivity index (χ2v) is 9.32. The molecule has 6 nitrogen and oxygen atoms in total. The first kappa shape index (κ1) is 21.7. The number of anilines is 2. The molecule has 1 N–H and O–H groups in total. The van der Waals surface area contributed by atoms with Crippen molar-refractivity contribution in [1.82, 2.24) is 4.90 Å². The van der Waals surface area contributed by atoms with E-state index < -0.39 is 0 Å². The summed E-state index contributed by atoms with van der Waals surface area (Å²) in [6, 6.07) is 10.4. The molecule has 0 saturated carbocycles. The first-order chi connectivity index (χ1) is 15.2. The van der Waals surface area contributed by atoms with Gasteiger partial charge in [-0.1, -0.05) is 25.0 Å². The lowest BCUT2D eigenvalue weighted by Gasteiger charge is -2.36. The first-order valence-electron chi connectivity index (χ1n) is 11.1. The van der Waals surface area contributed by atoms with Crippen molar-refractivity contribution in [1.29, 1.82) is 5.26 Å². The van der Waals surface area contributed by atoms with Crippen LogP contribution in [0.3, 0.4) is 0 Å². The van der Waals surface area contributed by atoms with Gasteiger partial charge in [0.05, 0.1) is 24.9 Å². The zero-order chi connectivity index (χ0) is 21.6. The molecule has 2 aromatic rings. The summed E-state index contributed by atoms with van der Waals surface area (Å²) in [5.41, 5.74) is 2.97. The van der Waals surface area contributed by atoms with E-state index in [1.165, 1.54) is 29.7 Å². The first-order valence-corrected chi connectivity index (χ1v) is 12.0. The molecular formula is C24H30N4O2S. The fraction of sp³-hybridized carbons (Fsp3) is 0.500. The Bertz CT molecular complexity index is 957. The minimum Gasteiger partial charge on any atom is -0.495 e. The number of hydrogen-bond donors (Lipinski definition) is 1. The Labute approximate surface area is 188 Å². The number of piperazine rings is 1. The molecule has 1 aromatic heterocycles. The van der Waals surface area contributed by atoms with Crippen LogP contribution in [0.4, 0.5) is 10.7 Å². The molecule has 0 atom stereocenters. The number of benzene rings is 1. The molecule has 0 unspecified atom stereocenters. The molecule has 1 aliphatic heterocycles. The molecule has 1 aromatic carbocycles. The van der Waals surface area contributed by atoms with Crippen molar-refractivity contribution in [3.05, 3.63) is 40.3 Å². The number of carbonyl (C=O) groups is 1. The summed E-state index contributed by atoms with van der Waals surface area (Å²) >= 11 is 1.61. The van der Waals surface area contributed by atoms with E-state index in [4.69, 9.17) is 4.74 Å². The predicted molar refractivity (Wildman–Crippen MR) is 125 cm³/mol. The summed E-state index contributed by atoms with van der Waals surface area (Å²) in [6.07, 6.45) is 6.75. The Morgan fingerprint density at radius 2 is 1.87 bits per heavy atom. The number of hydrogen-bond acceptors (Lipinski definition) is 6. The van der Waals surface area contributed by atoms with Gasteiger partial charge in [0.2, 0.25) is 5.91 Å². The summed E-state index contributed by atoms with van der Waals surface area (Å²) in [5, 5.41) is 13.5. The normalized spacial score (nSPS) is 17.2. The van der Waals surface area contributed by atoms with Crippen LogP contribution in [0.1, 0.15) is 41.7 Å². The molecule has 164 valence electrons. The van der Waals surface area contributed by atoms with E-state index in [1.54, 1.807) is 18.4 Å². The fourth-order valence-corrected chi connectivity index (χ4v) is 5.79. The van der Waals surface area contributed by atoms with Gasteiger partial charge in [-0.25, -0.2) is 0 Å². The summed E-state index contributed by atoms with van der Waals surface area (Å²) in [4.78, 5) is 18.5. The quantitative estimate of drug-likeness (QED) is 0.763. The second-order valence-electron chi connectivity index (χ2n) is 8.22. The lowest BCUT2D eigenvalue weighted by atomic mass is 9.97. The highest BCUT2D eigenvalue weighted by Gasteiger charge is 2.23. The monoisotopic (exact) mass is 438 g/mol. The van der Waals surface area contributed by atoms with Crippen LogP contribution in [0.5, 0.6) is 5.75 Å². The number of ether oxygens (including phenoxy) is 1. The molecule has 2 heterocycles. The lowest BCUT2D eigenvalue weighted by Crippen LogP contribution is -2.48. The molecule has 0 radical (unpaired) electrons. The number of nitrogens with one attached hydrogen (secondary N) is 1. The zero-order valence-electron chi connectivity index (χ0n) is 18.2. The van der Waals surface area contributed by atoms with Crippen LogP contribution < -0.4 is 15.0 Å². The van der Waals surface area contributed by atoms with E-state index in [-0.39, 0.29) is 5.91 Å². The predicted octanol–water partition coefficient (Wildman–Crippen LogP) is 4.05. The highest BCUT2D eigenvalue weighted by molar-refractivity contribution is 7.16. The number of nitriles is 1. The summed E-state index contributed by atoms with van der Waals surface area (Å²) in [7, 11) is 1.70. The van der Waals surface area contributed by atoms with Gasteiger partial charge in [-0.05, 0) is 43.4 Å². The van der Waals surface area contributed by atoms with Gasteiger partial charge in [0.25, 0.3) is 0 Å². The molecule has 1 fully saturated rings. The molecule has 0 spiro atoms. The smallest absolute Gasteiger partial charge is 0.239 e. The summed E-state index contributed by atoms with van der Waals surface area (Å²) in [6.45, 7) is 3.69. The largest absolute Gasteiger partial charge is 0.495 e. The third-order valence-electron chi connectivity index (χ3n) is 6.20. The molecule has 1 aliphatic carbocycles. The number of para-hydroxylation sites is 2. The number of methoxy groups -OCH3 is 1. The Hall–Kier alpha value is -2.56. The maximum absolute atomic E-state index is 12.8. The van der Waals surface area contributed by atoms with Crippen molar-refractivity contribution in [2.75, 3.05) is 50.1 Å². The molecule has 1 saturated heterocycles. The Kier molecular flexibility index (Phi) is 7.10. The number of carbonyl (C=O) groups excluding carboxylic acids is 1. The van der Waals surface area contributed by atoms with E-state index in [9.17, 15) is 10.1 Å². The molecule has 0 bridgehead atoms. The fourth-order valence-electron chi connectivity index (χ4n) is 4.53. The van der Waals surface area contributed by atoms with E-state index in [2.05, 4.69) is 27.3 Å². The maximum atomic E-state index is 12.8. The molecule has 7 heteroatoms. The summed E-state index contributed by atoms with van der Waals surface area (Å²) in [5.74, 6) is 0.849. The highest BCUT2D eigenvalue weighted by Crippen LogP contribution is 2.36. The number of fused-ring (bicyclic) bond motifs is 1. The van der Waals surface area contributed by atoms with Gasteiger partial charge >= 0.3 is 0 Å². The van der Waals surface area contributed by atoms with Gasteiger partial charge in [-0.3, -0.25) is 9.69 Å². The number of thiophene rings is 1. The van der Waals surface area contributed by atoms with Crippen LogP contribution in [0.15, 0.2) is 24.3 Å². The van der Waals surface area contributed by atoms with Crippen molar-refractivity contribution in [3.8, 4) is 11.8 Å². The van der Waals surface area contributed by atoms with Crippen LogP contribution in [-0.2, 0) is 17.6 Å². The third-order valence-corrected chi connectivity index (χ3v) is 7.41. The van der Waals surface area contributed by atoms with Crippen LogP contribution in [-0.4, -0.2) is 50.6 Å². The van der Waals surface area contributed by atoms with Gasteiger partial charge in [0.15, 0.2) is 0 Å². The van der Waals surface area contributed by atoms with Gasteiger partial charge in [-0.2, -0.15) is 5.26 Å². The second kappa shape index (κ2) is 10.2. The van der Waals surface area contributed by atoms with Gasteiger partial charge < -0.3 is 15.0 Å². The Balaban J connectivity index is 1.35. The topological polar surface area (TPSA) is 68.6 Å². The maximum Gasteiger partial charge on any atom is 0.239 e. The molecule has 31 heavy (non-hydrogen) atoms. The van der Waals surface area contributed by atoms with Gasteiger partial charge in [-0.15, -0.1) is 11.3 Å². The minimum atomic E-state index is -0.0311. The molecule has 4 rings (SSSR count). The van der Waals surface area contributed by atoms with Crippen molar-refractivity contribution >= 4 is 27.9 Å². The van der Waals surface area contributed by atoms with Crippen LogP contribution in [0.25, 0.3) is 0 Å². The van der Waals surface area contributed by atoms with E-state index in [1.807, 2.05) is 18.2 Å². The Morgan fingerprint density at radius 1 is 1.13 bits per heavy atom. The third kappa shape index (κ3) is 5.03. The lowest BCUT2D eigenvalue weighted by molar-refractivity contribution is -0.117. The average molecular weight is 439 g/mol. The van der Waals surface area contributed by atoms with Gasteiger partial charge in [0, 0.05) is 31.1 Å². The summed E-state index contributed by atoms with van der Waals surface area (Å²) < 4.78 is 5.48. The van der Waals surface area contributed by atoms with E-state index in [0.717, 1.165) is 61.9 Å². The average Bonchev–Trinajstić information content (AvgIpc) is 3.09. The van der Waals surface area contributed by atoms with Crippen molar-refractivity contribution in [2.45, 2.75) is 38.5 Å². The van der Waals surface area contributed by atoms with Crippen LogP contribution in [0, 0.1) is 11.3 Å². The molecular weight excluding hydrogens is 408 g/mol. The molecule has 1 amide bonds. The van der Waals surface area contributed by atoms with Gasteiger partial charge in [0.1, 0.15) is 16.8 Å². The van der Waals surface area contributed by atoms with Crippen molar-refractivity contribution in [3.63, 3.8) is 0 Å². The van der Waals surface area contributed by atoms with Crippen molar-refractivity contribution < 1.29 is 9.53 Å².